The molecular formula is C17H24IN5O2. The van der Waals surface area contributed by atoms with Gasteiger partial charge in [-0.15, -0.1) is 24.0 Å². The van der Waals surface area contributed by atoms with E-state index in [1.54, 1.807) is 4.68 Å². The summed E-state index contributed by atoms with van der Waals surface area (Å²) in [6.07, 6.45) is 6.65. The number of fused-ring (bicyclic) bond motifs is 1. The molecule has 136 valence electrons. The Labute approximate surface area is 164 Å². The Morgan fingerprint density at radius 3 is 2.88 bits per heavy atom. The Morgan fingerprint density at radius 2 is 2.12 bits per heavy atom. The minimum absolute atomic E-state index is 0. The van der Waals surface area contributed by atoms with Crippen LogP contribution < -0.4 is 20.5 Å². The molecule has 0 amide bonds. The van der Waals surface area contributed by atoms with Crippen molar-refractivity contribution in [2.45, 2.75) is 19.3 Å². The van der Waals surface area contributed by atoms with Gasteiger partial charge in [-0.1, -0.05) is 0 Å². The maximum absolute atomic E-state index is 5.95. The Morgan fingerprint density at radius 1 is 1.32 bits per heavy atom. The molecule has 0 atom stereocenters. The van der Waals surface area contributed by atoms with Gasteiger partial charge in [0.15, 0.2) is 17.5 Å². The van der Waals surface area contributed by atoms with E-state index in [9.17, 15) is 0 Å². The number of halogens is 1. The van der Waals surface area contributed by atoms with Crippen molar-refractivity contribution >= 4 is 35.6 Å². The summed E-state index contributed by atoms with van der Waals surface area (Å²) in [5.41, 5.74) is 8.00. The summed E-state index contributed by atoms with van der Waals surface area (Å²) < 4.78 is 13.1. The molecule has 7 nitrogen and oxygen atoms in total. The van der Waals surface area contributed by atoms with Gasteiger partial charge in [-0.25, -0.2) is 0 Å². The highest BCUT2D eigenvalue weighted by Crippen LogP contribution is 2.32. The molecule has 0 saturated carbocycles. The predicted octanol–water partition coefficient (Wildman–Crippen LogP) is 2.56. The molecular weight excluding hydrogens is 433 g/mol. The third-order valence-corrected chi connectivity index (χ3v) is 3.68. The molecule has 0 bridgehead atoms. The monoisotopic (exact) mass is 457 g/mol. The van der Waals surface area contributed by atoms with Crippen molar-refractivity contribution in [2.24, 2.45) is 17.8 Å². The van der Waals surface area contributed by atoms with E-state index in [1.807, 2.05) is 37.6 Å². The lowest BCUT2D eigenvalue weighted by atomic mass is 10.2. The molecule has 3 rings (SSSR count). The Bertz CT molecular complexity index is 717. The van der Waals surface area contributed by atoms with Crippen LogP contribution in [0.4, 0.5) is 5.69 Å². The number of hydrogen-bond donors (Lipinski definition) is 2. The van der Waals surface area contributed by atoms with E-state index < -0.39 is 0 Å². The number of aryl methyl sites for hydroxylation is 2. The van der Waals surface area contributed by atoms with Crippen molar-refractivity contribution in [1.82, 2.24) is 9.78 Å². The Balaban J connectivity index is 0.00000225. The molecule has 1 aliphatic rings. The summed E-state index contributed by atoms with van der Waals surface area (Å²) in [5.74, 6) is 1.91. The van der Waals surface area contributed by atoms with Gasteiger partial charge in [0.2, 0.25) is 0 Å². The van der Waals surface area contributed by atoms with Gasteiger partial charge in [0, 0.05) is 38.0 Å². The van der Waals surface area contributed by atoms with Crippen LogP contribution in [0.15, 0.2) is 35.6 Å². The molecule has 0 unspecified atom stereocenters. The molecule has 1 aromatic heterocycles. The van der Waals surface area contributed by atoms with Gasteiger partial charge in [0.25, 0.3) is 0 Å². The first kappa shape index (κ1) is 19.4. The normalized spacial score (nSPS) is 13.7. The first-order valence-electron chi connectivity index (χ1n) is 8.15. The third-order valence-electron chi connectivity index (χ3n) is 3.68. The minimum Gasteiger partial charge on any atom is -0.490 e. The fourth-order valence-electron chi connectivity index (χ4n) is 2.51. The van der Waals surface area contributed by atoms with Crippen molar-refractivity contribution in [1.29, 1.82) is 0 Å². The van der Waals surface area contributed by atoms with Crippen LogP contribution in [0, 0.1) is 0 Å². The van der Waals surface area contributed by atoms with E-state index >= 15 is 0 Å². The Kier molecular flexibility index (Phi) is 7.35. The number of aliphatic imine (C=N–C) groups is 1. The zero-order valence-corrected chi connectivity index (χ0v) is 16.6. The van der Waals surface area contributed by atoms with E-state index in [-0.39, 0.29) is 24.0 Å². The SMILES string of the molecule is Cn1cc(CCCN=C(N)Nc2ccc3c(c2)OCCCO3)cn1.I. The van der Waals surface area contributed by atoms with E-state index in [4.69, 9.17) is 15.2 Å². The maximum Gasteiger partial charge on any atom is 0.193 e. The van der Waals surface area contributed by atoms with Crippen molar-refractivity contribution < 1.29 is 9.47 Å². The number of benzene rings is 1. The number of aromatic nitrogens is 2. The van der Waals surface area contributed by atoms with Crippen LogP contribution in [-0.4, -0.2) is 35.5 Å². The third kappa shape index (κ3) is 5.80. The van der Waals surface area contributed by atoms with E-state index in [0.717, 1.165) is 36.4 Å². The summed E-state index contributed by atoms with van der Waals surface area (Å²) in [4.78, 5) is 4.36. The zero-order valence-electron chi connectivity index (χ0n) is 14.3. The van der Waals surface area contributed by atoms with Crippen LogP contribution in [0.1, 0.15) is 18.4 Å². The fourth-order valence-corrected chi connectivity index (χ4v) is 2.51. The summed E-state index contributed by atoms with van der Waals surface area (Å²) in [6, 6.07) is 5.68. The smallest absolute Gasteiger partial charge is 0.193 e. The zero-order chi connectivity index (χ0) is 16.8. The summed E-state index contributed by atoms with van der Waals surface area (Å²) in [5, 5.41) is 7.24. The predicted molar refractivity (Wildman–Crippen MR) is 109 cm³/mol. The molecule has 0 saturated heterocycles. The quantitative estimate of drug-likeness (QED) is 0.312. The minimum atomic E-state index is 0. The van der Waals surface area contributed by atoms with Gasteiger partial charge in [0.1, 0.15) is 0 Å². The largest absolute Gasteiger partial charge is 0.490 e. The van der Waals surface area contributed by atoms with Crippen LogP contribution in [0.25, 0.3) is 0 Å². The summed E-state index contributed by atoms with van der Waals surface area (Å²) >= 11 is 0. The molecule has 8 heteroatoms. The van der Waals surface area contributed by atoms with Gasteiger partial charge < -0.3 is 20.5 Å². The highest BCUT2D eigenvalue weighted by atomic mass is 127. The van der Waals surface area contributed by atoms with Gasteiger partial charge in [-0.05, 0) is 30.5 Å². The number of nitrogens with one attached hydrogen (secondary N) is 1. The molecule has 1 aromatic carbocycles. The second-order valence-electron chi connectivity index (χ2n) is 5.73. The van der Waals surface area contributed by atoms with Crippen molar-refractivity contribution in [3.63, 3.8) is 0 Å². The lowest BCUT2D eigenvalue weighted by molar-refractivity contribution is 0.297. The number of hydrogen-bond acceptors (Lipinski definition) is 4. The van der Waals surface area contributed by atoms with Crippen LogP contribution in [0.2, 0.25) is 0 Å². The van der Waals surface area contributed by atoms with Crippen molar-refractivity contribution in [3.05, 3.63) is 36.2 Å². The van der Waals surface area contributed by atoms with Crippen LogP contribution in [-0.2, 0) is 13.5 Å². The summed E-state index contributed by atoms with van der Waals surface area (Å²) in [7, 11) is 1.92. The van der Waals surface area contributed by atoms with E-state index in [0.29, 0.717) is 25.7 Å². The van der Waals surface area contributed by atoms with Gasteiger partial charge in [-0.3, -0.25) is 9.67 Å². The van der Waals surface area contributed by atoms with Gasteiger partial charge >= 0.3 is 0 Å². The van der Waals surface area contributed by atoms with Crippen molar-refractivity contribution in [2.75, 3.05) is 25.1 Å². The molecule has 0 fully saturated rings. The molecule has 0 spiro atoms. The highest BCUT2D eigenvalue weighted by molar-refractivity contribution is 14.0. The average molecular weight is 457 g/mol. The molecule has 2 heterocycles. The molecule has 0 radical (unpaired) electrons. The highest BCUT2D eigenvalue weighted by Gasteiger charge is 2.10. The maximum atomic E-state index is 5.95. The fraction of sp³-hybridized carbons (Fsp3) is 0.412. The molecule has 25 heavy (non-hydrogen) atoms. The number of guanidine groups is 1. The number of ether oxygens (including phenoxy) is 2. The number of anilines is 1. The van der Waals surface area contributed by atoms with E-state index in [1.165, 1.54) is 5.56 Å². The number of nitrogens with two attached hydrogens (primary N) is 1. The Hall–Kier alpha value is -1.97. The van der Waals surface area contributed by atoms with Crippen LogP contribution >= 0.6 is 24.0 Å². The second kappa shape index (κ2) is 9.50. The first-order valence-corrected chi connectivity index (χ1v) is 8.15. The molecule has 2 aromatic rings. The first-order chi connectivity index (χ1) is 11.7. The second-order valence-corrected chi connectivity index (χ2v) is 5.73. The summed E-state index contributed by atoms with van der Waals surface area (Å²) in [6.45, 7) is 2.01. The molecule has 3 N–H and O–H groups in total. The van der Waals surface area contributed by atoms with E-state index in [2.05, 4.69) is 15.4 Å². The van der Waals surface area contributed by atoms with Gasteiger partial charge in [-0.2, -0.15) is 5.10 Å². The van der Waals surface area contributed by atoms with Crippen LogP contribution in [0.3, 0.4) is 0 Å². The lowest BCUT2D eigenvalue weighted by Crippen LogP contribution is -2.22. The van der Waals surface area contributed by atoms with Crippen molar-refractivity contribution in [3.8, 4) is 11.5 Å². The standard InChI is InChI=1S/C17H23N5O2.HI/c1-22-12-13(11-20-22)4-2-7-19-17(18)21-14-5-6-15-16(10-14)24-9-3-8-23-15;/h5-6,10-12H,2-4,7-9H2,1H3,(H3,18,19,21);1H. The molecule has 0 aliphatic carbocycles. The molecule has 1 aliphatic heterocycles. The average Bonchev–Trinajstić information content (AvgIpc) is 2.84. The number of rotatable bonds is 5. The van der Waals surface area contributed by atoms with Crippen LogP contribution in [0.5, 0.6) is 11.5 Å². The topological polar surface area (TPSA) is 86.7 Å². The number of nitrogens with zero attached hydrogens (tertiary/aromatic N) is 3. The van der Waals surface area contributed by atoms with Gasteiger partial charge in [0.05, 0.1) is 19.4 Å². The lowest BCUT2D eigenvalue weighted by Gasteiger charge is -2.10.